The molecule has 4 aliphatic rings. The highest BCUT2D eigenvalue weighted by Crippen LogP contribution is 2.67. The predicted octanol–water partition coefficient (Wildman–Crippen LogP) is 6.19. The largest absolute Gasteiger partial charge is 0.508 e. The van der Waals surface area contributed by atoms with E-state index in [0.29, 0.717) is 11.1 Å². The van der Waals surface area contributed by atoms with Crippen LogP contribution in [0.4, 0.5) is 0 Å². The summed E-state index contributed by atoms with van der Waals surface area (Å²) in [7, 11) is 1.25. The highest BCUT2D eigenvalue weighted by Gasteiger charge is 2.67. The van der Waals surface area contributed by atoms with Crippen molar-refractivity contribution in [2.45, 2.75) is 23.0 Å². The summed E-state index contributed by atoms with van der Waals surface area (Å²) in [4.78, 5) is 29.1. The van der Waals surface area contributed by atoms with Crippen molar-refractivity contribution in [3.63, 3.8) is 0 Å². The maximum Gasteiger partial charge on any atom is 0.331 e. The molecule has 4 heterocycles. The molecule has 2 spiro atoms. The standard InChI is InChI=1S/C45H30O15/c1-56-38-30(53)13-22(35-39(38)60-43(55)45(35)37-29(52)15-27(50)18-33(37)58-41(45)20-6-10-24(47)11-7-20)3-2-21-12-25(48)16-31-34(21)44(42(54)59-31)36-28(51)14-26(49)17-32(36)57-40(44)19-4-8-23(46)9-5-19/h2-18,40-41,46-53H,1H3/b3-2-/t40-,41+,44+,45-/m0/s1. The van der Waals surface area contributed by atoms with E-state index in [-0.39, 0.29) is 90.9 Å². The molecule has 6 aromatic rings. The van der Waals surface area contributed by atoms with Gasteiger partial charge in [-0.1, -0.05) is 36.4 Å². The number of hydrogen-bond donors (Lipinski definition) is 8. The van der Waals surface area contributed by atoms with Crippen LogP contribution < -0.4 is 23.7 Å². The Balaban J connectivity index is 1.23. The van der Waals surface area contributed by atoms with Gasteiger partial charge in [0.2, 0.25) is 5.75 Å². The van der Waals surface area contributed by atoms with Crippen LogP contribution in [-0.2, 0) is 20.4 Å². The Labute approximate surface area is 338 Å². The van der Waals surface area contributed by atoms with Gasteiger partial charge in [0.25, 0.3) is 0 Å². The fraction of sp³-hybridized carbons (Fsp3) is 0.111. The van der Waals surface area contributed by atoms with Crippen molar-refractivity contribution in [3.8, 4) is 74.7 Å². The second-order valence-electron chi connectivity index (χ2n) is 14.7. The number of esters is 2. The quantitative estimate of drug-likeness (QED) is 0.0550. The summed E-state index contributed by atoms with van der Waals surface area (Å²) < 4.78 is 30.0. The molecule has 10 rings (SSSR count). The van der Waals surface area contributed by atoms with Crippen LogP contribution in [0.15, 0.2) is 91.0 Å². The second-order valence-corrected chi connectivity index (χ2v) is 14.7. The number of hydrogen-bond acceptors (Lipinski definition) is 15. The number of rotatable bonds is 5. The van der Waals surface area contributed by atoms with Crippen LogP contribution in [0.3, 0.4) is 0 Å². The minimum atomic E-state index is -2.04. The number of aromatic hydroxyl groups is 8. The SMILES string of the molecule is COc1c(O)cc(/C=C\c2cc(O)cc3c2[C@@]2(C(=O)O3)c3c(O)cc(O)cc3O[C@H]2c2ccc(O)cc2)c2c1OC(=O)[C@]21c2c(O)cc(O)cc2O[C@@H]1c1ccc(O)cc1. The predicted molar refractivity (Wildman–Crippen MR) is 207 cm³/mol. The van der Waals surface area contributed by atoms with Gasteiger partial charge in [-0.15, -0.1) is 0 Å². The molecule has 0 aliphatic carbocycles. The molecule has 60 heavy (non-hydrogen) atoms. The van der Waals surface area contributed by atoms with Crippen LogP contribution in [0, 0.1) is 0 Å². The molecule has 0 unspecified atom stereocenters. The normalized spacial score (nSPS) is 21.6. The van der Waals surface area contributed by atoms with Crippen molar-refractivity contribution in [2.24, 2.45) is 0 Å². The summed E-state index contributed by atoms with van der Waals surface area (Å²) >= 11 is 0. The van der Waals surface area contributed by atoms with Gasteiger partial charge >= 0.3 is 11.9 Å². The zero-order chi connectivity index (χ0) is 42.0. The van der Waals surface area contributed by atoms with Crippen LogP contribution in [0.5, 0.6) is 74.7 Å². The summed E-state index contributed by atoms with van der Waals surface area (Å²) in [5.41, 5.74) is -3.00. The lowest BCUT2D eigenvalue weighted by atomic mass is 9.68. The number of fused-ring (bicyclic) bond motifs is 8. The molecule has 0 aromatic heterocycles. The first-order valence-electron chi connectivity index (χ1n) is 18.3. The maximum absolute atomic E-state index is 14.6. The third kappa shape index (κ3) is 4.70. The van der Waals surface area contributed by atoms with Gasteiger partial charge in [0.1, 0.15) is 69.7 Å². The highest BCUT2D eigenvalue weighted by atomic mass is 16.6. The molecule has 0 fully saturated rings. The number of methoxy groups -OCH3 is 1. The summed E-state index contributed by atoms with van der Waals surface area (Å²) in [5, 5.41) is 86.5. The number of carbonyl (C=O) groups excluding carboxylic acids is 2. The highest BCUT2D eigenvalue weighted by molar-refractivity contribution is 6.03. The number of ether oxygens (including phenoxy) is 5. The van der Waals surface area contributed by atoms with Crippen molar-refractivity contribution in [2.75, 3.05) is 7.11 Å². The molecule has 0 saturated carbocycles. The molecule has 15 heteroatoms. The van der Waals surface area contributed by atoms with E-state index in [1.165, 1.54) is 98.1 Å². The Morgan fingerprint density at radius 3 is 1.47 bits per heavy atom. The average Bonchev–Trinajstić information content (AvgIpc) is 3.90. The molecule has 15 nitrogen and oxygen atoms in total. The zero-order valence-corrected chi connectivity index (χ0v) is 30.9. The molecule has 6 aromatic carbocycles. The Bertz CT molecular complexity index is 2900. The molecule has 8 N–H and O–H groups in total. The van der Waals surface area contributed by atoms with Crippen molar-refractivity contribution < 1.29 is 74.1 Å². The lowest BCUT2D eigenvalue weighted by molar-refractivity contribution is -0.139. The first kappa shape index (κ1) is 36.2. The number of carbonyl (C=O) groups is 2. The average molecular weight is 811 g/mol. The molecular weight excluding hydrogens is 780 g/mol. The van der Waals surface area contributed by atoms with Crippen molar-refractivity contribution >= 4 is 24.1 Å². The van der Waals surface area contributed by atoms with Crippen LogP contribution in [-0.4, -0.2) is 59.9 Å². The van der Waals surface area contributed by atoms with Crippen molar-refractivity contribution in [1.29, 1.82) is 0 Å². The smallest absolute Gasteiger partial charge is 0.331 e. The molecule has 0 amide bonds. The second kappa shape index (κ2) is 12.4. The first-order chi connectivity index (χ1) is 28.8. The Hall–Kier alpha value is -8.20. The van der Waals surface area contributed by atoms with Crippen LogP contribution in [0.1, 0.15) is 56.7 Å². The van der Waals surface area contributed by atoms with Gasteiger partial charge in [0.15, 0.2) is 22.3 Å². The van der Waals surface area contributed by atoms with Gasteiger partial charge in [0.05, 0.1) is 18.2 Å². The van der Waals surface area contributed by atoms with E-state index in [4.69, 9.17) is 23.7 Å². The topological polar surface area (TPSA) is 242 Å². The van der Waals surface area contributed by atoms with Gasteiger partial charge in [-0.05, 0) is 58.7 Å². The van der Waals surface area contributed by atoms with E-state index in [1.54, 1.807) is 0 Å². The van der Waals surface area contributed by atoms with Gasteiger partial charge in [-0.2, -0.15) is 0 Å². The minimum Gasteiger partial charge on any atom is -0.508 e. The van der Waals surface area contributed by atoms with E-state index < -0.39 is 52.2 Å². The summed E-state index contributed by atoms with van der Waals surface area (Å²) in [6, 6.07) is 20.0. The molecule has 0 saturated heterocycles. The van der Waals surface area contributed by atoms with Crippen molar-refractivity contribution in [1.82, 2.24) is 0 Å². The van der Waals surface area contributed by atoms with E-state index >= 15 is 0 Å². The molecule has 0 bridgehead atoms. The van der Waals surface area contributed by atoms with Gasteiger partial charge < -0.3 is 64.5 Å². The van der Waals surface area contributed by atoms with E-state index in [2.05, 4.69) is 0 Å². The van der Waals surface area contributed by atoms with Crippen molar-refractivity contribution in [3.05, 3.63) is 136 Å². The molecule has 4 aliphatic heterocycles. The monoisotopic (exact) mass is 810 g/mol. The Kier molecular flexibility index (Phi) is 7.47. The number of phenols is 8. The van der Waals surface area contributed by atoms with E-state index in [9.17, 15) is 50.4 Å². The lowest BCUT2D eigenvalue weighted by Gasteiger charge is -2.29. The van der Waals surface area contributed by atoms with Gasteiger partial charge in [-0.25, -0.2) is 0 Å². The van der Waals surface area contributed by atoms with Gasteiger partial charge in [-0.3, -0.25) is 9.59 Å². The van der Waals surface area contributed by atoms with Gasteiger partial charge in [0, 0.05) is 41.5 Å². The van der Waals surface area contributed by atoms with E-state index in [0.717, 1.165) is 12.1 Å². The fourth-order valence-corrected chi connectivity index (χ4v) is 9.18. The first-order valence-corrected chi connectivity index (χ1v) is 18.3. The Morgan fingerprint density at radius 2 is 0.950 bits per heavy atom. The lowest BCUT2D eigenvalue weighted by Crippen LogP contribution is -2.40. The summed E-state index contributed by atoms with van der Waals surface area (Å²) in [6.45, 7) is 0. The van der Waals surface area contributed by atoms with Crippen LogP contribution in [0.2, 0.25) is 0 Å². The Morgan fingerprint density at radius 1 is 0.500 bits per heavy atom. The third-order valence-electron chi connectivity index (χ3n) is 11.4. The summed E-state index contributed by atoms with van der Waals surface area (Å²) in [6.07, 6.45) is 0.367. The zero-order valence-electron chi connectivity index (χ0n) is 30.9. The number of phenolic OH excluding ortho intramolecular Hbond substituents is 8. The minimum absolute atomic E-state index is 0.0418. The van der Waals surface area contributed by atoms with E-state index in [1.807, 2.05) is 0 Å². The molecular formula is C45H30O15. The molecule has 0 radical (unpaired) electrons. The molecule has 4 atom stereocenters. The maximum atomic E-state index is 14.6. The molecule has 300 valence electrons. The third-order valence-corrected chi connectivity index (χ3v) is 11.4. The summed E-state index contributed by atoms with van der Waals surface area (Å²) in [5.74, 6) is -5.17. The van der Waals surface area contributed by atoms with Crippen LogP contribution in [0.25, 0.3) is 12.2 Å². The fourth-order valence-electron chi connectivity index (χ4n) is 9.18. The van der Waals surface area contributed by atoms with Crippen LogP contribution >= 0.6 is 0 Å². The number of benzene rings is 6.